The van der Waals surface area contributed by atoms with Gasteiger partial charge in [-0.05, 0) is 51.4 Å². The third kappa shape index (κ3) is 4.87. The first-order valence-electron chi connectivity index (χ1n) is 8.71. The first kappa shape index (κ1) is 16.6. The highest BCUT2D eigenvalue weighted by Crippen LogP contribution is 2.51. The van der Waals surface area contributed by atoms with Gasteiger partial charge < -0.3 is 15.5 Å². The summed E-state index contributed by atoms with van der Waals surface area (Å²) < 4.78 is 0. The Balaban J connectivity index is 1.79. The molecule has 2 aliphatic rings. The summed E-state index contributed by atoms with van der Waals surface area (Å²) >= 11 is 0. The van der Waals surface area contributed by atoms with E-state index in [0.29, 0.717) is 17.5 Å². The van der Waals surface area contributed by atoms with Crippen LogP contribution in [-0.2, 0) is 0 Å². The Morgan fingerprint density at radius 2 is 1.90 bits per heavy atom. The van der Waals surface area contributed by atoms with Gasteiger partial charge in [-0.15, -0.1) is 0 Å². The fourth-order valence-corrected chi connectivity index (χ4v) is 3.16. The van der Waals surface area contributed by atoms with Crippen molar-refractivity contribution >= 4 is 5.96 Å². The number of hydrogen-bond acceptors (Lipinski definition) is 2. The van der Waals surface area contributed by atoms with Gasteiger partial charge >= 0.3 is 0 Å². The zero-order valence-corrected chi connectivity index (χ0v) is 14.6. The Labute approximate surface area is 130 Å². The highest BCUT2D eigenvalue weighted by atomic mass is 15.2. The maximum atomic E-state index is 4.80. The predicted octanol–water partition coefficient (Wildman–Crippen LogP) is 2.46. The van der Waals surface area contributed by atoms with Crippen molar-refractivity contribution in [3.05, 3.63) is 0 Å². The van der Waals surface area contributed by atoms with E-state index in [2.05, 4.69) is 50.2 Å². The van der Waals surface area contributed by atoms with Gasteiger partial charge in [-0.3, -0.25) is 4.99 Å². The zero-order valence-electron chi connectivity index (χ0n) is 14.6. The number of likely N-dealkylation sites (tertiary alicyclic amines) is 1. The second-order valence-electron chi connectivity index (χ2n) is 7.66. The van der Waals surface area contributed by atoms with Crippen LogP contribution >= 0.6 is 0 Å². The Morgan fingerprint density at radius 3 is 2.38 bits per heavy atom. The Bertz CT molecular complexity index is 354. The molecule has 0 bridgehead atoms. The second kappa shape index (κ2) is 6.99. The van der Waals surface area contributed by atoms with E-state index in [9.17, 15) is 0 Å². The molecule has 0 amide bonds. The van der Waals surface area contributed by atoms with E-state index in [1.54, 1.807) is 0 Å². The molecule has 1 atom stereocenters. The van der Waals surface area contributed by atoms with E-state index < -0.39 is 0 Å². The number of rotatable bonds is 5. The lowest BCUT2D eigenvalue weighted by Crippen LogP contribution is -2.49. The predicted molar refractivity (Wildman–Crippen MR) is 90.7 cm³/mol. The molecule has 2 fully saturated rings. The van der Waals surface area contributed by atoms with Gasteiger partial charge in [0.15, 0.2) is 5.96 Å². The molecule has 1 unspecified atom stereocenters. The van der Waals surface area contributed by atoms with E-state index in [1.807, 2.05) is 0 Å². The molecule has 1 saturated carbocycles. The van der Waals surface area contributed by atoms with E-state index in [-0.39, 0.29) is 0 Å². The second-order valence-corrected chi connectivity index (χ2v) is 7.66. The number of nitrogens with one attached hydrogen (secondary N) is 2. The molecule has 0 spiro atoms. The molecule has 4 nitrogen and oxygen atoms in total. The first-order chi connectivity index (χ1) is 9.92. The zero-order chi connectivity index (χ0) is 15.5. The molecule has 21 heavy (non-hydrogen) atoms. The Morgan fingerprint density at radius 1 is 1.29 bits per heavy atom. The van der Waals surface area contributed by atoms with Crippen molar-refractivity contribution in [2.45, 2.75) is 66.0 Å². The van der Waals surface area contributed by atoms with Crippen LogP contribution in [-0.4, -0.2) is 49.1 Å². The van der Waals surface area contributed by atoms with Crippen LogP contribution in [0.15, 0.2) is 4.99 Å². The largest absolute Gasteiger partial charge is 0.357 e. The molecule has 0 aromatic heterocycles. The number of nitrogens with zero attached hydrogens (tertiary/aromatic N) is 2. The molecular formula is C17H34N4. The molecule has 1 heterocycles. The van der Waals surface area contributed by atoms with Crippen LogP contribution in [0.1, 0.15) is 53.9 Å². The number of hydrogen-bond donors (Lipinski definition) is 2. The van der Waals surface area contributed by atoms with Crippen LogP contribution in [0.4, 0.5) is 0 Å². The Hall–Kier alpha value is -0.770. The maximum absolute atomic E-state index is 4.80. The molecular weight excluding hydrogens is 260 g/mol. The quantitative estimate of drug-likeness (QED) is 0.604. The van der Waals surface area contributed by atoms with Crippen molar-refractivity contribution in [3.8, 4) is 0 Å². The number of aliphatic imine (C=N–C) groups is 1. The third-order valence-electron chi connectivity index (χ3n) is 5.13. The molecule has 2 N–H and O–H groups in total. The van der Waals surface area contributed by atoms with Gasteiger partial charge in [-0.2, -0.15) is 0 Å². The molecule has 1 aliphatic heterocycles. The first-order valence-corrected chi connectivity index (χ1v) is 8.71. The van der Waals surface area contributed by atoms with Gasteiger partial charge in [0.05, 0.1) is 0 Å². The molecule has 122 valence electrons. The lowest BCUT2D eigenvalue weighted by Gasteiger charge is -2.35. The minimum atomic E-state index is 0.517. The summed E-state index contributed by atoms with van der Waals surface area (Å²) in [6.45, 7) is 15.7. The van der Waals surface area contributed by atoms with Gasteiger partial charge in [0.25, 0.3) is 0 Å². The summed E-state index contributed by atoms with van der Waals surface area (Å²) in [5, 5.41) is 7.04. The van der Waals surface area contributed by atoms with Crippen LogP contribution in [0.2, 0.25) is 0 Å². The van der Waals surface area contributed by atoms with Crippen molar-refractivity contribution in [2.75, 3.05) is 26.2 Å². The summed E-state index contributed by atoms with van der Waals surface area (Å²) in [5.74, 6) is 1.79. The summed E-state index contributed by atoms with van der Waals surface area (Å²) in [6, 6.07) is 1.25. The summed E-state index contributed by atoms with van der Waals surface area (Å²) in [4.78, 5) is 7.36. The van der Waals surface area contributed by atoms with Gasteiger partial charge in [0.1, 0.15) is 0 Å². The van der Waals surface area contributed by atoms with Crippen molar-refractivity contribution in [3.63, 3.8) is 0 Å². The average molecular weight is 294 g/mol. The fourth-order valence-electron chi connectivity index (χ4n) is 3.16. The molecule has 1 saturated heterocycles. The molecule has 2 rings (SSSR count). The van der Waals surface area contributed by atoms with E-state index in [1.165, 1.54) is 32.4 Å². The molecule has 0 radical (unpaired) electrons. The Kier molecular flexibility index (Phi) is 5.53. The van der Waals surface area contributed by atoms with Gasteiger partial charge in [0.2, 0.25) is 0 Å². The van der Waals surface area contributed by atoms with Crippen molar-refractivity contribution in [2.24, 2.45) is 16.3 Å². The van der Waals surface area contributed by atoms with E-state index in [0.717, 1.165) is 25.0 Å². The highest BCUT2D eigenvalue weighted by molar-refractivity contribution is 5.80. The molecule has 1 aliphatic carbocycles. The lowest BCUT2D eigenvalue weighted by molar-refractivity contribution is 0.167. The topological polar surface area (TPSA) is 39.7 Å². The van der Waals surface area contributed by atoms with E-state index in [4.69, 9.17) is 4.99 Å². The van der Waals surface area contributed by atoms with Crippen LogP contribution in [0.5, 0.6) is 0 Å². The number of piperidine rings is 1. The van der Waals surface area contributed by atoms with Crippen LogP contribution < -0.4 is 10.6 Å². The average Bonchev–Trinajstić information content (AvgIpc) is 3.04. The van der Waals surface area contributed by atoms with Crippen molar-refractivity contribution < 1.29 is 0 Å². The standard InChI is InChI=1S/C17H34N4/c1-6-18-16(19-12-14-11-17(14,4)5)20-15-7-9-21(10-8-15)13(2)3/h13-15H,6-12H2,1-5H3,(H2,18,19,20). The minimum Gasteiger partial charge on any atom is -0.357 e. The maximum Gasteiger partial charge on any atom is 0.191 e. The summed E-state index contributed by atoms with van der Waals surface area (Å²) in [5.41, 5.74) is 0.517. The minimum absolute atomic E-state index is 0.517. The van der Waals surface area contributed by atoms with Crippen LogP contribution in [0.25, 0.3) is 0 Å². The SMILES string of the molecule is CCNC(=NCC1CC1(C)C)NC1CCN(C(C)C)CC1. The fraction of sp³-hybridized carbons (Fsp3) is 0.941. The third-order valence-corrected chi connectivity index (χ3v) is 5.13. The van der Waals surface area contributed by atoms with Crippen LogP contribution in [0, 0.1) is 11.3 Å². The van der Waals surface area contributed by atoms with E-state index >= 15 is 0 Å². The molecule has 0 aromatic rings. The normalized spacial score (nSPS) is 27.0. The van der Waals surface area contributed by atoms with Crippen molar-refractivity contribution in [1.29, 1.82) is 0 Å². The monoisotopic (exact) mass is 294 g/mol. The number of guanidine groups is 1. The van der Waals surface area contributed by atoms with Crippen molar-refractivity contribution in [1.82, 2.24) is 15.5 Å². The van der Waals surface area contributed by atoms with Crippen LogP contribution in [0.3, 0.4) is 0 Å². The molecule has 4 heteroatoms. The van der Waals surface area contributed by atoms with Gasteiger partial charge in [0, 0.05) is 38.3 Å². The summed E-state index contributed by atoms with van der Waals surface area (Å²) in [6.07, 6.45) is 3.76. The van der Waals surface area contributed by atoms with Gasteiger partial charge in [-0.25, -0.2) is 0 Å². The lowest BCUT2D eigenvalue weighted by atomic mass is 10.0. The smallest absolute Gasteiger partial charge is 0.191 e. The van der Waals surface area contributed by atoms with Gasteiger partial charge in [-0.1, -0.05) is 13.8 Å². The highest BCUT2D eigenvalue weighted by Gasteiger charge is 2.45. The molecule has 0 aromatic carbocycles. The summed E-state index contributed by atoms with van der Waals surface area (Å²) in [7, 11) is 0.